The number of thiophene rings is 6. The predicted molar refractivity (Wildman–Crippen MR) is 211 cm³/mol. The van der Waals surface area contributed by atoms with Gasteiger partial charge in [-0.3, -0.25) is 0 Å². The van der Waals surface area contributed by atoms with Gasteiger partial charge in [0.25, 0.3) is 0 Å². The summed E-state index contributed by atoms with van der Waals surface area (Å²) in [4.78, 5) is 10.6. The zero-order chi connectivity index (χ0) is 32.5. The van der Waals surface area contributed by atoms with E-state index in [0.717, 1.165) is 35.8 Å². The summed E-state index contributed by atoms with van der Waals surface area (Å²) in [5.41, 5.74) is 2.69. The third-order valence-electron chi connectivity index (χ3n) is 8.91. The van der Waals surface area contributed by atoms with Crippen LogP contribution in [0.5, 0.6) is 23.0 Å². The quantitative estimate of drug-likeness (QED) is 0.104. The monoisotopic (exact) mass is 752 g/mol. The Morgan fingerprint density at radius 1 is 0.500 bits per heavy atom. The summed E-state index contributed by atoms with van der Waals surface area (Å²) >= 11 is 11.3. The van der Waals surface area contributed by atoms with Crippen LogP contribution in [0.2, 0.25) is 0 Å². The first kappa shape index (κ1) is 32.8. The second-order valence-electron chi connectivity index (χ2n) is 12.3. The van der Waals surface area contributed by atoms with Crippen LogP contribution in [0.3, 0.4) is 0 Å². The van der Waals surface area contributed by atoms with Gasteiger partial charge in [0.2, 0.25) is 0 Å². The Labute approximate surface area is 306 Å². The molecule has 2 aliphatic rings. The Kier molecular flexibility index (Phi) is 10.2. The summed E-state index contributed by atoms with van der Waals surface area (Å²) in [5.74, 6) is 3.56. The molecule has 0 saturated carbocycles. The first-order valence-corrected chi connectivity index (χ1v) is 22.3. The molecule has 2 aliphatic heterocycles. The van der Waals surface area contributed by atoms with Crippen molar-refractivity contribution in [2.75, 3.05) is 26.4 Å². The largest absolute Gasteiger partial charge is 0.485 e. The number of hydrogen-bond donors (Lipinski definition) is 0. The van der Waals surface area contributed by atoms with Crippen LogP contribution in [-0.2, 0) is 12.8 Å². The molecule has 0 fully saturated rings. The molecular formula is C38H40O4S6. The van der Waals surface area contributed by atoms with Gasteiger partial charge in [-0.2, -0.15) is 0 Å². The molecule has 0 unspecified atom stereocenters. The van der Waals surface area contributed by atoms with Gasteiger partial charge in [-0.25, -0.2) is 0 Å². The zero-order valence-electron chi connectivity index (χ0n) is 27.4. The third-order valence-corrected chi connectivity index (χ3v) is 16.0. The highest BCUT2D eigenvalue weighted by Crippen LogP contribution is 2.61. The van der Waals surface area contributed by atoms with Crippen molar-refractivity contribution in [3.63, 3.8) is 0 Å². The van der Waals surface area contributed by atoms with Gasteiger partial charge in [-0.05, 0) is 49.9 Å². The number of fused-ring (bicyclic) bond motifs is 3. The highest BCUT2D eigenvalue weighted by Gasteiger charge is 2.32. The van der Waals surface area contributed by atoms with E-state index in [-0.39, 0.29) is 0 Å². The number of ether oxygens (including phenoxy) is 4. The van der Waals surface area contributed by atoms with Gasteiger partial charge in [0, 0.05) is 41.4 Å². The van der Waals surface area contributed by atoms with Gasteiger partial charge in [0.1, 0.15) is 26.4 Å². The van der Waals surface area contributed by atoms with Gasteiger partial charge in [-0.1, -0.05) is 52.4 Å². The summed E-state index contributed by atoms with van der Waals surface area (Å²) in [7, 11) is 0. The zero-order valence-corrected chi connectivity index (χ0v) is 32.3. The standard InChI is InChI=1S/C38H40O4S6/c1-3-5-7-9-11-23-13-15-27(45-23)29-33-34(48-35(29)37-31-25(21-43-37)39-17-19-41-31)30(28-16-14-24(46-28)12-10-8-6-4-2)36(47-33)38-32-26(22-44-38)40-18-20-42-32/h13-16,21-22H,3-12,17-20H2,1-2H3. The molecule has 0 aromatic carbocycles. The maximum atomic E-state index is 6.28. The molecule has 8 heterocycles. The Morgan fingerprint density at radius 2 is 0.958 bits per heavy atom. The minimum atomic E-state index is 0.587. The van der Waals surface area contributed by atoms with Crippen molar-refractivity contribution in [2.45, 2.75) is 78.1 Å². The summed E-state index contributed by atoms with van der Waals surface area (Å²) in [6.07, 6.45) is 12.5. The van der Waals surface area contributed by atoms with E-state index >= 15 is 0 Å². The lowest BCUT2D eigenvalue weighted by molar-refractivity contribution is 0.174. The van der Waals surface area contributed by atoms with E-state index in [1.807, 2.05) is 45.3 Å². The maximum Gasteiger partial charge on any atom is 0.180 e. The molecular weight excluding hydrogens is 713 g/mol. The highest BCUT2D eigenvalue weighted by atomic mass is 32.1. The fourth-order valence-corrected chi connectivity index (χ4v) is 14.1. The second kappa shape index (κ2) is 14.9. The van der Waals surface area contributed by atoms with E-state index in [9.17, 15) is 0 Å². The number of unbranched alkanes of at least 4 members (excludes halogenated alkanes) is 6. The lowest BCUT2D eigenvalue weighted by Gasteiger charge is -2.16. The molecule has 10 heteroatoms. The molecule has 6 aromatic rings. The van der Waals surface area contributed by atoms with E-state index in [1.54, 1.807) is 22.7 Å². The fourth-order valence-electron chi connectivity index (χ4n) is 6.49. The van der Waals surface area contributed by atoms with Crippen LogP contribution in [-0.4, -0.2) is 26.4 Å². The van der Waals surface area contributed by atoms with Gasteiger partial charge >= 0.3 is 0 Å². The molecule has 8 rings (SSSR count). The third kappa shape index (κ3) is 6.37. The topological polar surface area (TPSA) is 36.9 Å². The van der Waals surface area contributed by atoms with E-state index in [1.165, 1.54) is 111 Å². The molecule has 0 aliphatic carbocycles. The molecule has 6 aromatic heterocycles. The van der Waals surface area contributed by atoms with Crippen LogP contribution in [0.1, 0.15) is 75.0 Å². The van der Waals surface area contributed by atoms with Crippen molar-refractivity contribution in [3.05, 3.63) is 44.8 Å². The summed E-state index contributed by atoms with van der Waals surface area (Å²) in [6.45, 7) is 6.94. The van der Waals surface area contributed by atoms with Crippen molar-refractivity contribution in [2.24, 2.45) is 0 Å². The Morgan fingerprint density at radius 3 is 1.42 bits per heavy atom. The van der Waals surface area contributed by atoms with Crippen molar-refractivity contribution in [1.82, 2.24) is 0 Å². The van der Waals surface area contributed by atoms with E-state index in [0.29, 0.717) is 26.4 Å². The normalized spacial score (nSPS) is 14.0. The maximum absolute atomic E-state index is 6.28. The average molecular weight is 753 g/mol. The van der Waals surface area contributed by atoms with Crippen LogP contribution in [0.15, 0.2) is 35.0 Å². The molecule has 0 N–H and O–H groups in total. The van der Waals surface area contributed by atoms with Crippen LogP contribution < -0.4 is 18.9 Å². The lowest BCUT2D eigenvalue weighted by Crippen LogP contribution is -2.14. The number of rotatable bonds is 14. The van der Waals surface area contributed by atoms with Gasteiger partial charge in [0.05, 0.1) is 28.9 Å². The first-order valence-electron chi connectivity index (χ1n) is 17.3. The van der Waals surface area contributed by atoms with Crippen molar-refractivity contribution < 1.29 is 18.9 Å². The molecule has 48 heavy (non-hydrogen) atoms. The molecule has 0 amide bonds. The van der Waals surface area contributed by atoms with Gasteiger partial charge < -0.3 is 18.9 Å². The SMILES string of the molecule is CCCCCCc1ccc(-c2c(-c3scc4c3OCCO4)sc3c(-c4ccc(CCCCCC)s4)c(-c4scc5c4OCCO5)sc23)s1. The molecule has 0 radical (unpaired) electrons. The Bertz CT molecular complexity index is 1850. The van der Waals surface area contributed by atoms with Crippen LogP contribution in [0.25, 0.3) is 49.8 Å². The Balaban J connectivity index is 1.30. The van der Waals surface area contributed by atoms with Gasteiger partial charge in [0.15, 0.2) is 23.0 Å². The van der Waals surface area contributed by atoms with Crippen LogP contribution in [0.4, 0.5) is 0 Å². The summed E-state index contributed by atoms with van der Waals surface area (Å²) in [6, 6.07) is 9.46. The number of aryl methyl sites for hydroxylation is 2. The fraction of sp³-hybridized carbons (Fsp3) is 0.421. The molecule has 4 nitrogen and oxygen atoms in total. The average Bonchev–Trinajstić information content (AvgIpc) is 3.96. The minimum absolute atomic E-state index is 0.587. The first-order chi connectivity index (χ1) is 23.7. The van der Waals surface area contributed by atoms with E-state index in [2.05, 4.69) is 48.9 Å². The molecule has 0 bridgehead atoms. The molecule has 252 valence electrons. The lowest BCUT2D eigenvalue weighted by atomic mass is 10.1. The smallest absolute Gasteiger partial charge is 0.180 e. The molecule has 0 saturated heterocycles. The van der Waals surface area contributed by atoms with Crippen LogP contribution in [0, 0.1) is 0 Å². The predicted octanol–water partition coefficient (Wildman–Crippen LogP) is 13.7. The highest BCUT2D eigenvalue weighted by molar-refractivity contribution is 7.36. The van der Waals surface area contributed by atoms with Gasteiger partial charge in [-0.15, -0.1) is 68.0 Å². The number of hydrogen-bond acceptors (Lipinski definition) is 10. The van der Waals surface area contributed by atoms with Crippen molar-refractivity contribution >= 4 is 77.4 Å². The minimum Gasteiger partial charge on any atom is -0.485 e. The summed E-state index contributed by atoms with van der Waals surface area (Å²) in [5, 5.41) is 4.25. The second-order valence-corrected chi connectivity index (χ2v) is 18.5. The van der Waals surface area contributed by atoms with Crippen LogP contribution >= 0.6 is 68.0 Å². The Hall–Kier alpha value is -2.34. The van der Waals surface area contributed by atoms with E-state index < -0.39 is 0 Å². The van der Waals surface area contributed by atoms with Crippen molar-refractivity contribution in [1.29, 1.82) is 0 Å². The summed E-state index contributed by atoms with van der Waals surface area (Å²) < 4.78 is 27.3. The van der Waals surface area contributed by atoms with E-state index in [4.69, 9.17) is 18.9 Å². The van der Waals surface area contributed by atoms with Crippen molar-refractivity contribution in [3.8, 4) is 63.4 Å². The molecule has 0 spiro atoms. The molecule has 0 atom stereocenters.